The third-order valence-electron chi connectivity index (χ3n) is 4.03. The Morgan fingerprint density at radius 2 is 2.08 bits per heavy atom. The van der Waals surface area contributed by atoms with Gasteiger partial charge in [0.2, 0.25) is 5.88 Å². The number of rotatable bonds is 1. The van der Waals surface area contributed by atoms with Crippen molar-refractivity contribution in [3.8, 4) is 5.88 Å². The van der Waals surface area contributed by atoms with Crippen LogP contribution in [0.5, 0.6) is 5.88 Å². The van der Waals surface area contributed by atoms with Crippen molar-refractivity contribution >= 4 is 28.9 Å². The number of hydrogen-bond donors (Lipinski definition) is 2. The molecule has 0 unspecified atom stereocenters. The zero-order valence-electron chi connectivity index (χ0n) is 14.0. The van der Waals surface area contributed by atoms with Gasteiger partial charge in [0, 0.05) is 25.6 Å². The molecule has 4 rings (SSSR count). The van der Waals surface area contributed by atoms with Crippen molar-refractivity contribution in [1.29, 1.82) is 0 Å². The molecule has 3 aromatic rings. The molecule has 3 aromatic heterocycles. The van der Waals surface area contributed by atoms with Crippen molar-refractivity contribution in [1.82, 2.24) is 19.6 Å². The summed E-state index contributed by atoms with van der Waals surface area (Å²) < 4.78 is 7.32. The first-order chi connectivity index (χ1) is 12.1. The molecule has 0 spiro atoms. The highest BCUT2D eigenvalue weighted by Gasteiger charge is 2.18. The van der Waals surface area contributed by atoms with Gasteiger partial charge in [0.25, 0.3) is 0 Å². The molecule has 8 heteroatoms. The van der Waals surface area contributed by atoms with E-state index in [0.717, 1.165) is 11.4 Å². The molecule has 128 valence electrons. The van der Waals surface area contributed by atoms with Crippen molar-refractivity contribution in [2.45, 2.75) is 19.8 Å². The van der Waals surface area contributed by atoms with Crippen LogP contribution in [0.15, 0.2) is 24.4 Å². The number of fused-ring (bicyclic) bond motifs is 3. The van der Waals surface area contributed by atoms with Crippen LogP contribution in [0.25, 0.3) is 5.65 Å². The number of carbonyl (C=O) groups is 1. The first-order valence-electron chi connectivity index (χ1n) is 8.12. The van der Waals surface area contributed by atoms with Gasteiger partial charge in [0.05, 0.1) is 18.4 Å². The summed E-state index contributed by atoms with van der Waals surface area (Å²) in [6.07, 6.45) is 2.54. The molecule has 1 aliphatic heterocycles. The average Bonchev–Trinajstić information content (AvgIpc) is 3.00. The lowest BCUT2D eigenvalue weighted by Crippen LogP contribution is -2.06. The Morgan fingerprint density at radius 3 is 2.92 bits per heavy atom. The zero-order valence-corrected chi connectivity index (χ0v) is 14.0. The number of Topliss-reactive ketones (excluding diaryl/α,β-unsaturated/α-hetero) is 1. The molecule has 0 aliphatic carbocycles. The van der Waals surface area contributed by atoms with Crippen LogP contribution in [0.2, 0.25) is 0 Å². The number of hydrogen-bond acceptors (Lipinski definition) is 7. The lowest BCUT2D eigenvalue weighted by atomic mass is 10.1. The Hall–Kier alpha value is -3.16. The number of aryl methyl sites for hydroxylation is 1. The molecule has 0 saturated heterocycles. The summed E-state index contributed by atoms with van der Waals surface area (Å²) in [5.74, 6) is 2.48. The number of ketones is 1. The number of nitrogens with one attached hydrogen (secondary N) is 2. The Labute approximate surface area is 144 Å². The van der Waals surface area contributed by atoms with Gasteiger partial charge < -0.3 is 15.4 Å². The third-order valence-corrected chi connectivity index (χ3v) is 4.03. The van der Waals surface area contributed by atoms with Crippen molar-refractivity contribution in [3.63, 3.8) is 0 Å². The average molecular weight is 338 g/mol. The minimum absolute atomic E-state index is 0.000369. The fourth-order valence-corrected chi connectivity index (χ4v) is 2.85. The van der Waals surface area contributed by atoms with Crippen LogP contribution < -0.4 is 15.4 Å². The van der Waals surface area contributed by atoms with Gasteiger partial charge in [-0.25, -0.2) is 4.98 Å². The molecule has 25 heavy (non-hydrogen) atoms. The normalized spacial score (nSPS) is 14.2. The zero-order chi connectivity index (χ0) is 17.4. The van der Waals surface area contributed by atoms with Gasteiger partial charge >= 0.3 is 0 Å². The molecule has 0 atom stereocenters. The Morgan fingerprint density at radius 1 is 1.24 bits per heavy atom. The van der Waals surface area contributed by atoms with Crippen LogP contribution in [-0.2, 0) is 0 Å². The molecule has 0 saturated carbocycles. The number of pyridine rings is 1. The molecule has 0 fully saturated rings. The van der Waals surface area contributed by atoms with Crippen LogP contribution in [0.4, 0.5) is 17.5 Å². The summed E-state index contributed by atoms with van der Waals surface area (Å²) >= 11 is 0. The lowest BCUT2D eigenvalue weighted by molar-refractivity contribution is 0.0974. The minimum Gasteiger partial charge on any atom is -0.478 e. The molecule has 8 nitrogen and oxygen atoms in total. The Balaban J connectivity index is 1.89. The smallest absolute Gasteiger partial charge is 0.215 e. The minimum atomic E-state index is 0.000369. The summed E-state index contributed by atoms with van der Waals surface area (Å²) in [4.78, 5) is 21.6. The predicted molar refractivity (Wildman–Crippen MR) is 93.8 cm³/mol. The van der Waals surface area contributed by atoms with E-state index < -0.39 is 0 Å². The van der Waals surface area contributed by atoms with Gasteiger partial charge in [-0.05, 0) is 25.0 Å². The summed E-state index contributed by atoms with van der Waals surface area (Å²) in [5, 5.41) is 10.6. The van der Waals surface area contributed by atoms with Crippen molar-refractivity contribution in [2.24, 2.45) is 0 Å². The molecule has 4 bridgehead atoms. The first-order valence-corrected chi connectivity index (χ1v) is 8.12. The molecule has 1 aliphatic rings. The fraction of sp³-hybridized carbons (Fsp3) is 0.294. The van der Waals surface area contributed by atoms with Gasteiger partial charge in [0.15, 0.2) is 11.4 Å². The highest BCUT2D eigenvalue weighted by Crippen LogP contribution is 2.24. The van der Waals surface area contributed by atoms with E-state index in [2.05, 4.69) is 25.7 Å². The standard InChI is InChI=1S/C17H18N6O2/c1-10-6-13-20-14-8-15(18-2)23-17(22-14)11(9-19-23)12(24)4-3-5-25-16(7-10)21-13/h6-9,18H,3-5H2,1-2H3,(H,20,21,22). The molecule has 0 aromatic carbocycles. The van der Waals surface area contributed by atoms with Crippen molar-refractivity contribution < 1.29 is 9.53 Å². The number of anilines is 3. The summed E-state index contributed by atoms with van der Waals surface area (Å²) in [5.41, 5.74) is 2.06. The highest BCUT2D eigenvalue weighted by atomic mass is 16.5. The Bertz CT molecular complexity index is 965. The monoisotopic (exact) mass is 338 g/mol. The van der Waals surface area contributed by atoms with Gasteiger partial charge in [-0.15, -0.1) is 0 Å². The number of nitrogens with zero attached hydrogens (tertiary/aromatic N) is 4. The highest BCUT2D eigenvalue weighted by molar-refractivity contribution is 6.01. The Kier molecular flexibility index (Phi) is 3.72. The summed E-state index contributed by atoms with van der Waals surface area (Å²) in [7, 11) is 1.80. The quantitative estimate of drug-likeness (QED) is 0.704. The van der Waals surface area contributed by atoms with Crippen LogP contribution >= 0.6 is 0 Å². The predicted octanol–water partition coefficient (Wildman–Crippen LogP) is 2.57. The van der Waals surface area contributed by atoms with E-state index in [4.69, 9.17) is 4.74 Å². The van der Waals surface area contributed by atoms with Gasteiger partial charge in [0.1, 0.15) is 17.5 Å². The SMILES string of the molecule is CNc1cc2nc3c(cnn13)C(=O)CCCOc1cc(C)cc(n1)N2. The van der Waals surface area contributed by atoms with Gasteiger partial charge in [-0.2, -0.15) is 14.6 Å². The van der Waals surface area contributed by atoms with Gasteiger partial charge in [-0.1, -0.05) is 0 Å². The van der Waals surface area contributed by atoms with Crippen LogP contribution in [0.1, 0.15) is 28.8 Å². The number of ether oxygens (including phenoxy) is 1. The first kappa shape index (κ1) is 15.4. The largest absolute Gasteiger partial charge is 0.478 e. The fourth-order valence-electron chi connectivity index (χ4n) is 2.85. The van der Waals surface area contributed by atoms with Gasteiger partial charge in [-0.3, -0.25) is 4.79 Å². The second-order valence-corrected chi connectivity index (χ2v) is 5.94. The number of aromatic nitrogens is 4. The topological polar surface area (TPSA) is 93.4 Å². The summed E-state index contributed by atoms with van der Waals surface area (Å²) in [6.45, 7) is 2.41. The van der Waals surface area contributed by atoms with E-state index in [1.807, 2.05) is 25.1 Å². The van der Waals surface area contributed by atoms with Crippen molar-refractivity contribution in [3.05, 3.63) is 35.5 Å². The lowest BCUT2D eigenvalue weighted by Gasteiger charge is -2.11. The van der Waals surface area contributed by atoms with Crippen molar-refractivity contribution in [2.75, 3.05) is 24.3 Å². The molecule has 0 amide bonds. The van der Waals surface area contributed by atoms with E-state index in [-0.39, 0.29) is 5.78 Å². The number of carbonyl (C=O) groups excluding carboxylic acids is 1. The maximum Gasteiger partial charge on any atom is 0.215 e. The molecule has 4 heterocycles. The molecular formula is C17H18N6O2. The van der Waals surface area contributed by atoms with E-state index >= 15 is 0 Å². The van der Waals surface area contributed by atoms with Crippen LogP contribution in [0.3, 0.4) is 0 Å². The third kappa shape index (κ3) is 2.86. The second-order valence-electron chi connectivity index (χ2n) is 5.94. The maximum absolute atomic E-state index is 12.5. The summed E-state index contributed by atoms with van der Waals surface area (Å²) in [6, 6.07) is 5.61. The van der Waals surface area contributed by atoms with E-state index in [1.165, 1.54) is 0 Å². The van der Waals surface area contributed by atoms with E-state index in [1.54, 1.807) is 17.8 Å². The molecule has 0 radical (unpaired) electrons. The van der Waals surface area contributed by atoms with Crippen LogP contribution in [-0.4, -0.2) is 39.0 Å². The van der Waals surface area contributed by atoms with E-state index in [0.29, 0.717) is 48.2 Å². The maximum atomic E-state index is 12.5. The van der Waals surface area contributed by atoms with Crippen LogP contribution in [0, 0.1) is 6.92 Å². The second kappa shape index (κ2) is 6.04. The molecule has 2 N–H and O–H groups in total. The molecular weight excluding hydrogens is 320 g/mol. The van der Waals surface area contributed by atoms with E-state index in [9.17, 15) is 4.79 Å².